The molecular weight excluding hydrogens is 544 g/mol. The van der Waals surface area contributed by atoms with Gasteiger partial charge in [-0.2, -0.15) is 0 Å². The molecule has 1 aliphatic carbocycles. The molecule has 0 bridgehead atoms. The van der Waals surface area contributed by atoms with Crippen LogP contribution in [0.2, 0.25) is 0 Å². The molecule has 2 heteroatoms. The molecular formula is C43H28N2. The number of rotatable bonds is 3. The predicted molar refractivity (Wildman–Crippen MR) is 188 cm³/mol. The maximum atomic E-state index is 2.44. The smallest absolute Gasteiger partial charge is 0.0542 e. The zero-order valence-corrected chi connectivity index (χ0v) is 24.6. The van der Waals surface area contributed by atoms with Crippen LogP contribution in [0.5, 0.6) is 0 Å². The second-order valence-electron chi connectivity index (χ2n) is 12.1. The third kappa shape index (κ3) is 3.45. The molecule has 0 atom stereocenters. The Morgan fingerprint density at radius 3 is 1.40 bits per heavy atom. The summed E-state index contributed by atoms with van der Waals surface area (Å²) in [7, 11) is 0. The number of fused-ring (bicyclic) bond motifs is 9. The van der Waals surface area contributed by atoms with Gasteiger partial charge in [0.2, 0.25) is 0 Å². The first-order valence-electron chi connectivity index (χ1n) is 15.7. The van der Waals surface area contributed by atoms with Crippen LogP contribution >= 0.6 is 0 Å². The summed E-state index contributed by atoms with van der Waals surface area (Å²) in [6.45, 7) is 0. The quantitative estimate of drug-likeness (QED) is 0.199. The molecule has 1 aliphatic rings. The fourth-order valence-electron chi connectivity index (χ4n) is 7.94. The van der Waals surface area contributed by atoms with Gasteiger partial charge < -0.3 is 9.13 Å². The fourth-order valence-corrected chi connectivity index (χ4v) is 7.94. The van der Waals surface area contributed by atoms with Gasteiger partial charge in [0.1, 0.15) is 0 Å². The molecule has 0 unspecified atom stereocenters. The highest BCUT2D eigenvalue weighted by atomic mass is 15.0. The third-order valence-corrected chi connectivity index (χ3v) is 9.79. The van der Waals surface area contributed by atoms with E-state index in [0.717, 1.165) is 0 Å². The Kier molecular flexibility index (Phi) is 5.09. The van der Waals surface area contributed by atoms with Crippen LogP contribution in [-0.4, -0.2) is 9.13 Å². The Balaban J connectivity index is 1.19. The number of aromatic nitrogens is 2. The molecule has 2 heterocycles. The highest BCUT2D eigenvalue weighted by molar-refractivity contribution is 6.12. The summed E-state index contributed by atoms with van der Waals surface area (Å²) in [6.07, 6.45) is 0. The zero-order valence-electron chi connectivity index (χ0n) is 24.6. The van der Waals surface area contributed by atoms with Gasteiger partial charge in [-0.05, 0) is 76.3 Å². The lowest BCUT2D eigenvalue weighted by atomic mass is 9.89. The third-order valence-electron chi connectivity index (χ3n) is 9.79. The maximum absolute atomic E-state index is 2.44. The van der Waals surface area contributed by atoms with Gasteiger partial charge in [0.25, 0.3) is 0 Å². The molecule has 9 aromatic rings. The normalized spacial score (nSPS) is 12.8. The van der Waals surface area contributed by atoms with Crippen LogP contribution in [0.3, 0.4) is 0 Å². The van der Waals surface area contributed by atoms with E-state index in [4.69, 9.17) is 0 Å². The second kappa shape index (κ2) is 9.32. The van der Waals surface area contributed by atoms with Gasteiger partial charge in [-0.15, -0.1) is 0 Å². The Morgan fingerprint density at radius 2 is 0.800 bits per heavy atom. The van der Waals surface area contributed by atoms with E-state index in [1.165, 1.54) is 82.8 Å². The van der Waals surface area contributed by atoms with E-state index in [1.54, 1.807) is 0 Å². The second-order valence-corrected chi connectivity index (χ2v) is 12.1. The molecule has 2 nitrogen and oxygen atoms in total. The Morgan fingerprint density at radius 1 is 0.333 bits per heavy atom. The lowest BCUT2D eigenvalue weighted by molar-refractivity contribution is 1.01. The van der Waals surface area contributed by atoms with E-state index in [2.05, 4.69) is 173 Å². The number of hydrogen-bond donors (Lipinski definition) is 0. The number of hydrogen-bond acceptors (Lipinski definition) is 0. The highest BCUT2D eigenvalue weighted by Gasteiger charge is 2.29. The molecule has 7 aromatic carbocycles. The highest BCUT2D eigenvalue weighted by Crippen LogP contribution is 2.48. The van der Waals surface area contributed by atoms with E-state index in [0.29, 0.717) is 0 Å². The lowest BCUT2D eigenvalue weighted by Crippen LogP contribution is -2.01. The van der Waals surface area contributed by atoms with Crippen molar-refractivity contribution in [1.82, 2.24) is 9.13 Å². The summed E-state index contributed by atoms with van der Waals surface area (Å²) in [5.41, 5.74) is 14.0. The summed E-state index contributed by atoms with van der Waals surface area (Å²) in [6, 6.07) is 60.2. The predicted octanol–water partition coefficient (Wildman–Crippen LogP) is 11.0. The first-order valence-corrected chi connectivity index (χ1v) is 15.7. The van der Waals surface area contributed by atoms with Gasteiger partial charge in [-0.1, -0.05) is 115 Å². The van der Waals surface area contributed by atoms with Crippen molar-refractivity contribution in [3.63, 3.8) is 0 Å². The standard InChI is InChI=1S/C43H28N2/c1-3-19-36-31(14-1)32-15-2-4-20-37(32)43(36)28-12-11-13-29(26-28)44-41-23-10-7-18-35(41)38-27-30(24-25-42(38)44)45-39-21-8-5-16-33(39)34-17-6-9-22-40(34)45/h1-27,43H. The molecule has 0 saturated heterocycles. The van der Waals surface area contributed by atoms with Crippen molar-refractivity contribution >= 4 is 43.6 Å². The molecule has 45 heavy (non-hydrogen) atoms. The van der Waals surface area contributed by atoms with Crippen molar-refractivity contribution in [2.75, 3.05) is 0 Å². The van der Waals surface area contributed by atoms with Crippen molar-refractivity contribution in [2.24, 2.45) is 0 Å². The minimum atomic E-state index is 0.215. The Labute approximate surface area is 261 Å². The van der Waals surface area contributed by atoms with Crippen LogP contribution in [0.15, 0.2) is 164 Å². The molecule has 0 amide bonds. The average molecular weight is 573 g/mol. The van der Waals surface area contributed by atoms with Crippen molar-refractivity contribution in [1.29, 1.82) is 0 Å². The van der Waals surface area contributed by atoms with E-state index in [-0.39, 0.29) is 5.92 Å². The van der Waals surface area contributed by atoms with Gasteiger partial charge >= 0.3 is 0 Å². The Hall–Kier alpha value is -5.86. The molecule has 0 fully saturated rings. The molecule has 0 N–H and O–H groups in total. The summed E-state index contributed by atoms with van der Waals surface area (Å²) in [5.74, 6) is 0.215. The molecule has 2 aromatic heterocycles. The molecule has 0 spiro atoms. The molecule has 10 rings (SSSR count). The summed E-state index contributed by atoms with van der Waals surface area (Å²) in [5, 5.41) is 5.08. The first-order chi connectivity index (χ1) is 22.3. The van der Waals surface area contributed by atoms with Crippen LogP contribution < -0.4 is 0 Å². The van der Waals surface area contributed by atoms with Crippen molar-refractivity contribution in [3.8, 4) is 22.5 Å². The Bertz CT molecular complexity index is 2520. The largest absolute Gasteiger partial charge is 0.309 e. The van der Waals surface area contributed by atoms with E-state index < -0.39 is 0 Å². The SMILES string of the molecule is c1cc(C2c3ccccc3-c3ccccc32)cc(-n2c3ccccc3c3cc(-n4c5ccccc5c5ccccc54)ccc32)c1. The van der Waals surface area contributed by atoms with E-state index in [9.17, 15) is 0 Å². The van der Waals surface area contributed by atoms with Gasteiger partial charge in [-0.3, -0.25) is 0 Å². The van der Waals surface area contributed by atoms with Crippen LogP contribution in [0.4, 0.5) is 0 Å². The first kappa shape index (κ1) is 24.6. The maximum Gasteiger partial charge on any atom is 0.0542 e. The van der Waals surface area contributed by atoms with Crippen LogP contribution in [-0.2, 0) is 0 Å². The average Bonchev–Trinajstić information content (AvgIpc) is 3.74. The molecule has 0 aliphatic heterocycles. The molecule has 210 valence electrons. The van der Waals surface area contributed by atoms with Crippen molar-refractivity contribution in [3.05, 3.63) is 180 Å². The van der Waals surface area contributed by atoms with E-state index in [1.807, 2.05) is 0 Å². The van der Waals surface area contributed by atoms with Crippen LogP contribution in [0, 0.1) is 0 Å². The number of nitrogens with zero attached hydrogens (tertiary/aromatic N) is 2. The number of para-hydroxylation sites is 3. The van der Waals surface area contributed by atoms with Gasteiger partial charge in [0, 0.05) is 38.8 Å². The molecule has 0 saturated carbocycles. The van der Waals surface area contributed by atoms with Gasteiger partial charge in [0.05, 0.1) is 22.1 Å². The van der Waals surface area contributed by atoms with Gasteiger partial charge in [0.15, 0.2) is 0 Å². The van der Waals surface area contributed by atoms with Crippen molar-refractivity contribution in [2.45, 2.75) is 5.92 Å². The minimum Gasteiger partial charge on any atom is -0.309 e. The zero-order chi connectivity index (χ0) is 29.5. The summed E-state index contributed by atoms with van der Waals surface area (Å²) in [4.78, 5) is 0. The summed E-state index contributed by atoms with van der Waals surface area (Å²) >= 11 is 0. The molecule has 0 radical (unpaired) electrons. The minimum absolute atomic E-state index is 0.215. The number of benzene rings is 7. The monoisotopic (exact) mass is 572 g/mol. The van der Waals surface area contributed by atoms with E-state index >= 15 is 0 Å². The van der Waals surface area contributed by atoms with Crippen LogP contribution in [0.25, 0.3) is 66.1 Å². The van der Waals surface area contributed by atoms with Crippen molar-refractivity contribution < 1.29 is 0 Å². The summed E-state index contributed by atoms with van der Waals surface area (Å²) < 4.78 is 4.85. The fraction of sp³-hybridized carbons (Fsp3) is 0.0233. The van der Waals surface area contributed by atoms with Gasteiger partial charge in [-0.25, -0.2) is 0 Å². The lowest BCUT2D eigenvalue weighted by Gasteiger charge is -2.17. The topological polar surface area (TPSA) is 9.86 Å². The van der Waals surface area contributed by atoms with Crippen LogP contribution in [0.1, 0.15) is 22.6 Å².